The number of likely N-dealkylation sites (tertiary alicyclic amines) is 1. The van der Waals surface area contributed by atoms with Crippen LogP contribution in [0.5, 0.6) is 5.75 Å². The summed E-state index contributed by atoms with van der Waals surface area (Å²) < 4.78 is 20.4. The van der Waals surface area contributed by atoms with E-state index in [1.54, 1.807) is 48.8 Å². The maximum absolute atomic E-state index is 14.9. The molecule has 2 heterocycles. The molecule has 0 saturated carbocycles. The van der Waals surface area contributed by atoms with E-state index in [4.69, 9.17) is 4.74 Å². The number of aliphatic hydroxyl groups excluding tert-OH is 1. The van der Waals surface area contributed by atoms with Crippen LogP contribution >= 0.6 is 0 Å². The third-order valence-corrected chi connectivity index (χ3v) is 5.59. The van der Waals surface area contributed by atoms with Crippen molar-refractivity contribution in [2.24, 2.45) is 0 Å². The molecule has 1 N–H and O–H groups in total. The number of ether oxygens (including phenoxy) is 1. The van der Waals surface area contributed by atoms with E-state index in [0.717, 1.165) is 11.1 Å². The Morgan fingerprint density at radius 2 is 1.85 bits per heavy atom. The van der Waals surface area contributed by atoms with Gasteiger partial charge in [-0.25, -0.2) is 4.39 Å². The number of Topliss-reactive ketones (excluding diaryl/α,β-unsaturated/α-hetero) is 1. The first-order valence-electron chi connectivity index (χ1n) is 10.6. The van der Waals surface area contributed by atoms with E-state index >= 15 is 0 Å². The number of amides is 1. The maximum atomic E-state index is 14.9. The van der Waals surface area contributed by atoms with Gasteiger partial charge >= 0.3 is 0 Å². The lowest BCUT2D eigenvalue weighted by Gasteiger charge is -2.25. The molecule has 4 rings (SSSR count). The van der Waals surface area contributed by atoms with Crippen molar-refractivity contribution in [3.8, 4) is 5.75 Å². The topological polar surface area (TPSA) is 79.7 Å². The van der Waals surface area contributed by atoms with E-state index in [1.807, 2.05) is 13.8 Å². The molecule has 0 radical (unpaired) electrons. The lowest BCUT2D eigenvalue weighted by molar-refractivity contribution is -0.140. The van der Waals surface area contributed by atoms with Crippen LogP contribution in [0.15, 0.2) is 72.6 Å². The van der Waals surface area contributed by atoms with Crippen molar-refractivity contribution < 1.29 is 23.8 Å². The first kappa shape index (κ1) is 22.2. The van der Waals surface area contributed by atoms with Crippen LogP contribution in [0.1, 0.15) is 35.2 Å². The third-order valence-electron chi connectivity index (χ3n) is 5.59. The van der Waals surface area contributed by atoms with Gasteiger partial charge in [0.05, 0.1) is 18.2 Å². The molecule has 1 saturated heterocycles. The fourth-order valence-electron chi connectivity index (χ4n) is 4.02. The van der Waals surface area contributed by atoms with Gasteiger partial charge in [0.15, 0.2) is 0 Å². The number of aryl methyl sites for hydroxylation is 1. The van der Waals surface area contributed by atoms with Gasteiger partial charge in [0, 0.05) is 30.1 Å². The standard InChI is InChI=1S/C26H23FN2O4/c1-3-33-21-9-8-18(14-16(21)2)24(30)22-23(19-6-4-5-7-20(19)27)29(26(32)25(22)31)15-17-10-12-28-13-11-17/h4-14,23,30H,3,15H2,1-2H3/b24-22+. The minimum atomic E-state index is -1.08. The van der Waals surface area contributed by atoms with Crippen LogP contribution in [0, 0.1) is 12.7 Å². The summed E-state index contributed by atoms with van der Waals surface area (Å²) in [5.74, 6) is -1.94. The lowest BCUT2D eigenvalue weighted by Crippen LogP contribution is -2.29. The number of halogens is 1. The quantitative estimate of drug-likeness (QED) is 0.341. The molecule has 1 aromatic heterocycles. The Labute approximate surface area is 191 Å². The number of pyridine rings is 1. The molecule has 0 bridgehead atoms. The van der Waals surface area contributed by atoms with Crippen LogP contribution in [-0.4, -0.2) is 33.3 Å². The lowest BCUT2D eigenvalue weighted by atomic mass is 9.94. The van der Waals surface area contributed by atoms with Gasteiger partial charge in [-0.1, -0.05) is 18.2 Å². The van der Waals surface area contributed by atoms with E-state index in [1.165, 1.54) is 23.1 Å². The minimum absolute atomic E-state index is 0.0607. The summed E-state index contributed by atoms with van der Waals surface area (Å²) >= 11 is 0. The monoisotopic (exact) mass is 446 g/mol. The van der Waals surface area contributed by atoms with Gasteiger partial charge in [0.1, 0.15) is 17.3 Å². The highest BCUT2D eigenvalue weighted by Gasteiger charge is 2.46. The van der Waals surface area contributed by atoms with E-state index in [9.17, 15) is 19.1 Å². The molecular formula is C26H23FN2O4. The van der Waals surface area contributed by atoms with Crippen LogP contribution in [0.2, 0.25) is 0 Å². The van der Waals surface area contributed by atoms with Crippen molar-refractivity contribution in [2.45, 2.75) is 26.4 Å². The van der Waals surface area contributed by atoms with Gasteiger partial charge in [0.25, 0.3) is 11.7 Å². The first-order chi connectivity index (χ1) is 15.9. The molecular weight excluding hydrogens is 423 g/mol. The van der Waals surface area contributed by atoms with Crippen LogP contribution in [-0.2, 0) is 16.1 Å². The smallest absolute Gasteiger partial charge is 0.295 e. The second-order valence-electron chi connectivity index (χ2n) is 7.72. The number of rotatable bonds is 6. The van der Waals surface area contributed by atoms with Crippen molar-refractivity contribution in [3.63, 3.8) is 0 Å². The van der Waals surface area contributed by atoms with Crippen molar-refractivity contribution in [1.29, 1.82) is 0 Å². The van der Waals surface area contributed by atoms with Gasteiger partial charge in [-0.05, 0) is 61.4 Å². The van der Waals surface area contributed by atoms with Crippen molar-refractivity contribution >= 4 is 17.4 Å². The van der Waals surface area contributed by atoms with Crippen LogP contribution in [0.3, 0.4) is 0 Å². The molecule has 1 amide bonds. The summed E-state index contributed by atoms with van der Waals surface area (Å²) in [5, 5.41) is 11.2. The molecule has 1 atom stereocenters. The van der Waals surface area contributed by atoms with Gasteiger partial charge in [-0.15, -0.1) is 0 Å². The Morgan fingerprint density at radius 1 is 1.12 bits per heavy atom. The van der Waals surface area contributed by atoms with E-state index in [-0.39, 0.29) is 23.4 Å². The summed E-state index contributed by atoms with van der Waals surface area (Å²) in [6, 6.07) is 13.3. The summed E-state index contributed by atoms with van der Waals surface area (Å²) in [6.45, 7) is 4.23. The Balaban J connectivity index is 1.86. The molecule has 33 heavy (non-hydrogen) atoms. The molecule has 1 fully saturated rings. The van der Waals surface area contributed by atoms with Crippen molar-refractivity contribution in [2.75, 3.05) is 6.61 Å². The Morgan fingerprint density at radius 3 is 2.52 bits per heavy atom. The number of aromatic nitrogens is 1. The summed E-state index contributed by atoms with van der Waals surface area (Å²) in [7, 11) is 0. The number of hydrogen-bond donors (Lipinski definition) is 1. The number of aliphatic hydroxyl groups is 1. The zero-order valence-corrected chi connectivity index (χ0v) is 18.3. The van der Waals surface area contributed by atoms with E-state index in [2.05, 4.69) is 4.98 Å². The molecule has 6 nitrogen and oxygen atoms in total. The third kappa shape index (κ3) is 4.22. The molecule has 168 valence electrons. The average molecular weight is 446 g/mol. The Bertz CT molecular complexity index is 1240. The normalized spacial score (nSPS) is 17.4. The summed E-state index contributed by atoms with van der Waals surface area (Å²) in [6.07, 6.45) is 3.15. The van der Waals surface area contributed by atoms with E-state index in [0.29, 0.717) is 17.9 Å². The van der Waals surface area contributed by atoms with Gasteiger partial charge < -0.3 is 14.7 Å². The molecule has 1 aliphatic heterocycles. The predicted molar refractivity (Wildman–Crippen MR) is 121 cm³/mol. The fraction of sp³-hybridized carbons (Fsp3) is 0.192. The molecule has 0 aliphatic carbocycles. The highest BCUT2D eigenvalue weighted by molar-refractivity contribution is 6.46. The molecule has 3 aromatic rings. The molecule has 2 aromatic carbocycles. The van der Waals surface area contributed by atoms with Crippen molar-refractivity contribution in [1.82, 2.24) is 9.88 Å². The van der Waals surface area contributed by atoms with Gasteiger partial charge in [-0.3, -0.25) is 14.6 Å². The summed E-state index contributed by atoms with van der Waals surface area (Å²) in [4.78, 5) is 31.4. The zero-order chi connectivity index (χ0) is 23.5. The second kappa shape index (κ2) is 9.24. The number of benzene rings is 2. The van der Waals surface area contributed by atoms with Gasteiger partial charge in [-0.2, -0.15) is 0 Å². The first-order valence-corrected chi connectivity index (χ1v) is 10.6. The highest BCUT2D eigenvalue weighted by Crippen LogP contribution is 2.41. The number of hydrogen-bond acceptors (Lipinski definition) is 5. The molecule has 7 heteroatoms. The number of nitrogens with zero attached hydrogens (tertiary/aromatic N) is 2. The Kier molecular flexibility index (Phi) is 6.22. The number of carbonyl (C=O) groups is 2. The maximum Gasteiger partial charge on any atom is 0.295 e. The van der Waals surface area contributed by atoms with E-state index < -0.39 is 23.5 Å². The largest absolute Gasteiger partial charge is 0.507 e. The van der Waals surface area contributed by atoms with Crippen molar-refractivity contribution in [3.05, 3.63) is 101 Å². The molecule has 0 spiro atoms. The second-order valence-corrected chi connectivity index (χ2v) is 7.72. The number of carbonyl (C=O) groups excluding carboxylic acids is 2. The molecule has 1 unspecified atom stereocenters. The van der Waals surface area contributed by atoms with Crippen LogP contribution < -0.4 is 4.74 Å². The predicted octanol–water partition coefficient (Wildman–Crippen LogP) is 4.55. The highest BCUT2D eigenvalue weighted by atomic mass is 19.1. The van der Waals surface area contributed by atoms with Crippen LogP contribution in [0.25, 0.3) is 5.76 Å². The molecule has 1 aliphatic rings. The minimum Gasteiger partial charge on any atom is -0.507 e. The summed E-state index contributed by atoms with van der Waals surface area (Å²) in [5.41, 5.74) is 1.82. The Hall–Kier alpha value is -4.00. The SMILES string of the molecule is CCOc1ccc(/C(O)=C2\C(=O)C(=O)N(Cc3ccncc3)C2c2ccccc2F)cc1C. The van der Waals surface area contributed by atoms with Gasteiger partial charge in [0.2, 0.25) is 0 Å². The van der Waals surface area contributed by atoms with Crippen LogP contribution in [0.4, 0.5) is 4.39 Å². The number of ketones is 1. The average Bonchev–Trinajstić information content (AvgIpc) is 3.06. The zero-order valence-electron chi connectivity index (χ0n) is 18.3. The fourth-order valence-corrected chi connectivity index (χ4v) is 4.02.